The second-order valence-corrected chi connectivity index (χ2v) is 4.73. The van der Waals surface area contributed by atoms with Crippen LogP contribution in [0.25, 0.3) is 5.57 Å². The highest BCUT2D eigenvalue weighted by atomic mass is 16.5. The molecular weight excluding hydrogens is 248 g/mol. The van der Waals surface area contributed by atoms with Gasteiger partial charge in [0.15, 0.2) is 0 Å². The van der Waals surface area contributed by atoms with Gasteiger partial charge in [-0.1, -0.05) is 60.2 Å². The van der Waals surface area contributed by atoms with E-state index in [9.17, 15) is 4.79 Å². The maximum absolute atomic E-state index is 10.4. The van der Waals surface area contributed by atoms with Crippen LogP contribution in [0, 0.1) is 6.92 Å². The third-order valence-corrected chi connectivity index (χ3v) is 3.21. The predicted molar refractivity (Wildman–Crippen MR) is 81.1 cm³/mol. The van der Waals surface area contributed by atoms with Crippen LogP contribution in [0.1, 0.15) is 23.1 Å². The second-order valence-electron chi connectivity index (χ2n) is 4.73. The molecule has 2 aromatic rings. The first-order chi connectivity index (χ1) is 9.79. The number of hydrogen-bond donors (Lipinski definition) is 0. The zero-order valence-electron chi connectivity index (χ0n) is 11.6. The van der Waals surface area contributed by atoms with Crippen LogP contribution in [-0.2, 0) is 16.0 Å². The molecule has 0 fully saturated rings. The van der Waals surface area contributed by atoms with Gasteiger partial charge in [-0.05, 0) is 36.5 Å². The fraction of sp³-hybridized carbons (Fsp3) is 0.167. The van der Waals surface area contributed by atoms with Crippen LogP contribution in [0.3, 0.4) is 0 Å². The molecule has 0 saturated heterocycles. The minimum atomic E-state index is 0.453. The highest BCUT2D eigenvalue weighted by Gasteiger charge is 2.03. The summed E-state index contributed by atoms with van der Waals surface area (Å²) in [5.41, 5.74) is 4.65. The van der Waals surface area contributed by atoms with Crippen LogP contribution < -0.4 is 0 Å². The van der Waals surface area contributed by atoms with Crippen molar-refractivity contribution in [2.45, 2.75) is 19.8 Å². The zero-order valence-corrected chi connectivity index (χ0v) is 11.6. The van der Waals surface area contributed by atoms with E-state index in [0.717, 1.165) is 24.0 Å². The molecule has 0 bridgehead atoms. The molecule has 0 N–H and O–H groups in total. The minimum absolute atomic E-state index is 0.453. The lowest BCUT2D eigenvalue weighted by molar-refractivity contribution is -0.123. The quantitative estimate of drug-likeness (QED) is 0.580. The van der Waals surface area contributed by atoms with Crippen molar-refractivity contribution in [3.05, 3.63) is 77.5 Å². The fourth-order valence-electron chi connectivity index (χ4n) is 2.07. The van der Waals surface area contributed by atoms with E-state index >= 15 is 0 Å². The number of carbonyl (C=O) groups excluding carboxylic acids is 1. The van der Waals surface area contributed by atoms with Crippen molar-refractivity contribution in [1.82, 2.24) is 0 Å². The molecule has 2 heteroatoms. The van der Waals surface area contributed by atoms with Gasteiger partial charge in [-0.2, -0.15) is 0 Å². The van der Waals surface area contributed by atoms with E-state index in [4.69, 9.17) is 4.74 Å². The summed E-state index contributed by atoms with van der Waals surface area (Å²) >= 11 is 0. The molecule has 2 rings (SSSR count). The van der Waals surface area contributed by atoms with Gasteiger partial charge in [0, 0.05) is 0 Å². The van der Waals surface area contributed by atoms with Gasteiger partial charge in [-0.3, -0.25) is 4.79 Å². The van der Waals surface area contributed by atoms with Crippen molar-refractivity contribution in [3.63, 3.8) is 0 Å². The Morgan fingerprint density at radius 3 is 2.40 bits per heavy atom. The number of hydrogen-bond acceptors (Lipinski definition) is 2. The highest BCUT2D eigenvalue weighted by molar-refractivity contribution is 5.65. The minimum Gasteiger partial charge on any atom is -0.436 e. The molecule has 20 heavy (non-hydrogen) atoms. The van der Waals surface area contributed by atoms with Crippen molar-refractivity contribution in [1.29, 1.82) is 0 Å². The summed E-state index contributed by atoms with van der Waals surface area (Å²) in [5, 5.41) is 0. The Labute approximate surface area is 119 Å². The fourth-order valence-corrected chi connectivity index (χ4v) is 2.07. The van der Waals surface area contributed by atoms with Gasteiger partial charge < -0.3 is 4.74 Å². The summed E-state index contributed by atoms with van der Waals surface area (Å²) in [6.07, 6.45) is 3.29. The topological polar surface area (TPSA) is 26.3 Å². The molecule has 0 aliphatic rings. The van der Waals surface area contributed by atoms with Crippen LogP contribution in [0.15, 0.2) is 60.9 Å². The Bertz CT molecular complexity index is 568. The Balaban J connectivity index is 2.09. The summed E-state index contributed by atoms with van der Waals surface area (Å²) < 4.78 is 4.82. The zero-order chi connectivity index (χ0) is 14.2. The summed E-state index contributed by atoms with van der Waals surface area (Å²) in [7, 11) is 0. The Morgan fingerprint density at radius 1 is 1.05 bits per heavy atom. The van der Waals surface area contributed by atoms with Crippen molar-refractivity contribution in [2.24, 2.45) is 0 Å². The molecule has 0 spiro atoms. The summed E-state index contributed by atoms with van der Waals surface area (Å²) in [5.74, 6) is 0. The van der Waals surface area contributed by atoms with Crippen molar-refractivity contribution in [2.75, 3.05) is 0 Å². The maximum atomic E-state index is 10.4. The van der Waals surface area contributed by atoms with Crippen LogP contribution >= 0.6 is 0 Å². The summed E-state index contributed by atoms with van der Waals surface area (Å²) in [6, 6.07) is 18.5. The molecule has 0 aliphatic heterocycles. The molecule has 0 aliphatic carbocycles. The van der Waals surface area contributed by atoms with E-state index in [1.54, 1.807) is 0 Å². The number of carbonyl (C=O) groups is 1. The lowest BCUT2D eigenvalue weighted by Gasteiger charge is -2.07. The molecule has 2 aromatic carbocycles. The first kappa shape index (κ1) is 14.1. The second kappa shape index (κ2) is 7.29. The molecule has 0 atom stereocenters. The lowest BCUT2D eigenvalue weighted by atomic mass is 9.99. The third-order valence-electron chi connectivity index (χ3n) is 3.21. The first-order valence-electron chi connectivity index (χ1n) is 6.68. The van der Waals surface area contributed by atoms with Crippen LogP contribution in [0.5, 0.6) is 0 Å². The normalized spacial score (nSPS) is 11.2. The standard InChI is InChI=1S/C18H18O2/c1-15-7-9-16(10-8-15)11-12-18(13-20-14-19)17-5-3-2-4-6-17/h2-10,13-14H,11-12H2,1H3/b18-13+. The summed E-state index contributed by atoms with van der Waals surface area (Å²) in [4.78, 5) is 10.4. The highest BCUT2D eigenvalue weighted by Crippen LogP contribution is 2.20. The molecule has 0 saturated carbocycles. The number of aryl methyl sites for hydroxylation is 2. The third kappa shape index (κ3) is 4.09. The van der Waals surface area contributed by atoms with E-state index in [-0.39, 0.29) is 0 Å². The van der Waals surface area contributed by atoms with Crippen molar-refractivity contribution in [3.8, 4) is 0 Å². The van der Waals surface area contributed by atoms with Crippen LogP contribution in [-0.4, -0.2) is 6.47 Å². The predicted octanol–water partition coefficient (Wildman–Crippen LogP) is 4.14. The van der Waals surface area contributed by atoms with Gasteiger partial charge in [0.25, 0.3) is 6.47 Å². The molecule has 0 radical (unpaired) electrons. The molecule has 0 unspecified atom stereocenters. The molecule has 0 aromatic heterocycles. The van der Waals surface area contributed by atoms with Gasteiger partial charge in [0.05, 0.1) is 6.26 Å². The van der Waals surface area contributed by atoms with Gasteiger partial charge in [0.1, 0.15) is 0 Å². The number of benzene rings is 2. The molecule has 102 valence electrons. The monoisotopic (exact) mass is 266 g/mol. The number of rotatable bonds is 6. The van der Waals surface area contributed by atoms with Crippen LogP contribution in [0.4, 0.5) is 0 Å². The Hall–Kier alpha value is -2.35. The average Bonchev–Trinajstić information content (AvgIpc) is 2.50. The van der Waals surface area contributed by atoms with E-state index < -0.39 is 0 Å². The van der Waals surface area contributed by atoms with E-state index in [2.05, 4.69) is 31.2 Å². The van der Waals surface area contributed by atoms with Gasteiger partial charge in [-0.15, -0.1) is 0 Å². The smallest absolute Gasteiger partial charge is 0.297 e. The van der Waals surface area contributed by atoms with Gasteiger partial charge in [-0.25, -0.2) is 0 Å². The molecule has 0 amide bonds. The number of ether oxygens (including phenoxy) is 1. The van der Waals surface area contributed by atoms with Gasteiger partial charge in [0.2, 0.25) is 0 Å². The van der Waals surface area contributed by atoms with Crippen LogP contribution in [0.2, 0.25) is 0 Å². The van der Waals surface area contributed by atoms with Gasteiger partial charge >= 0.3 is 0 Å². The van der Waals surface area contributed by atoms with E-state index in [0.29, 0.717) is 6.47 Å². The summed E-state index contributed by atoms with van der Waals surface area (Å²) in [6.45, 7) is 2.53. The average molecular weight is 266 g/mol. The van der Waals surface area contributed by atoms with E-state index in [1.807, 2.05) is 30.3 Å². The Morgan fingerprint density at radius 2 is 1.75 bits per heavy atom. The SMILES string of the molecule is Cc1ccc(CC/C(=C\OC=O)c2ccccc2)cc1. The molecule has 0 heterocycles. The van der Waals surface area contributed by atoms with Crippen molar-refractivity contribution >= 4 is 12.0 Å². The number of allylic oxidation sites excluding steroid dienone is 1. The molecule has 2 nitrogen and oxygen atoms in total. The lowest BCUT2D eigenvalue weighted by Crippen LogP contribution is -1.91. The van der Waals surface area contributed by atoms with Crippen molar-refractivity contribution < 1.29 is 9.53 Å². The maximum Gasteiger partial charge on any atom is 0.297 e. The molecular formula is C18H18O2. The largest absolute Gasteiger partial charge is 0.436 e. The van der Waals surface area contributed by atoms with E-state index in [1.165, 1.54) is 17.4 Å². The Kier molecular flexibility index (Phi) is 5.13. The first-order valence-corrected chi connectivity index (χ1v) is 6.68.